The van der Waals surface area contributed by atoms with Gasteiger partial charge in [-0.1, -0.05) is 78.0 Å². The van der Waals surface area contributed by atoms with Crippen molar-refractivity contribution >= 4 is 46.7 Å². The maximum absolute atomic E-state index is 13.7. The minimum absolute atomic E-state index is 0.0657. The molecular formula is C29H24N2O2S2. The molecule has 0 unspecified atom stereocenters. The average Bonchev–Trinajstić information content (AvgIpc) is 3.39. The van der Waals surface area contributed by atoms with Gasteiger partial charge in [-0.3, -0.25) is 9.59 Å². The third-order valence-electron chi connectivity index (χ3n) is 5.71. The fourth-order valence-corrected chi connectivity index (χ4v) is 5.67. The Kier molecular flexibility index (Phi) is 6.84. The molecule has 35 heavy (non-hydrogen) atoms. The highest BCUT2D eigenvalue weighted by Gasteiger charge is 2.30. The van der Waals surface area contributed by atoms with Crippen LogP contribution in [0.25, 0.3) is 6.08 Å². The van der Waals surface area contributed by atoms with Crippen LogP contribution >= 0.6 is 23.1 Å². The lowest BCUT2D eigenvalue weighted by molar-refractivity contribution is -0.114. The van der Waals surface area contributed by atoms with Crippen LogP contribution in [0.1, 0.15) is 31.9 Å². The molecule has 0 aliphatic carbocycles. The van der Waals surface area contributed by atoms with Crippen LogP contribution in [0, 0.1) is 6.92 Å². The summed E-state index contributed by atoms with van der Waals surface area (Å²) in [5.41, 5.74) is 4.46. The first-order chi connectivity index (χ1) is 17.1. The van der Waals surface area contributed by atoms with Crippen molar-refractivity contribution in [3.63, 3.8) is 0 Å². The molecule has 2 heterocycles. The van der Waals surface area contributed by atoms with Crippen LogP contribution in [-0.2, 0) is 17.9 Å². The molecule has 3 aromatic carbocycles. The van der Waals surface area contributed by atoms with E-state index in [0.29, 0.717) is 23.6 Å². The van der Waals surface area contributed by atoms with Gasteiger partial charge in [0.2, 0.25) is 0 Å². The third kappa shape index (κ3) is 5.39. The van der Waals surface area contributed by atoms with Gasteiger partial charge in [0.1, 0.15) is 0 Å². The van der Waals surface area contributed by atoms with E-state index < -0.39 is 0 Å². The molecular weight excluding hydrogens is 472 g/mol. The fraction of sp³-hybridized carbons (Fsp3) is 0.103. The molecule has 6 heteroatoms. The van der Waals surface area contributed by atoms with Gasteiger partial charge in [0.15, 0.2) is 0 Å². The molecule has 1 aliphatic rings. The van der Waals surface area contributed by atoms with Gasteiger partial charge in [-0.25, -0.2) is 0 Å². The highest BCUT2D eigenvalue weighted by molar-refractivity contribution is 8.04. The Labute approximate surface area is 213 Å². The summed E-state index contributed by atoms with van der Waals surface area (Å²) in [6.07, 6.45) is 1.93. The molecule has 0 fully saturated rings. The van der Waals surface area contributed by atoms with Gasteiger partial charge in [0.05, 0.1) is 23.7 Å². The summed E-state index contributed by atoms with van der Waals surface area (Å²) in [6.45, 7) is 2.96. The SMILES string of the molecule is Cc1cccc(CN2C(=O)C(=Cc3ccccc3)Sc3ccc(C(=O)NCc4cccs4)cc32)c1. The lowest BCUT2D eigenvalue weighted by Gasteiger charge is -2.31. The predicted molar refractivity (Wildman–Crippen MR) is 145 cm³/mol. The summed E-state index contributed by atoms with van der Waals surface area (Å²) in [6, 6.07) is 27.6. The third-order valence-corrected chi connectivity index (χ3v) is 7.67. The Morgan fingerprint density at radius 2 is 1.83 bits per heavy atom. The number of amides is 2. The number of nitrogens with one attached hydrogen (secondary N) is 1. The first-order valence-corrected chi connectivity index (χ1v) is 13.0. The summed E-state index contributed by atoms with van der Waals surface area (Å²) < 4.78 is 0. The van der Waals surface area contributed by atoms with Gasteiger partial charge in [-0.2, -0.15) is 0 Å². The summed E-state index contributed by atoms with van der Waals surface area (Å²) in [5, 5.41) is 4.98. The standard InChI is InChI=1S/C29H24N2O2S2/c1-20-7-5-10-22(15-20)19-31-25-17-23(28(32)30-18-24-11-6-14-34-24)12-13-26(25)35-27(29(31)33)16-21-8-3-2-4-9-21/h2-17H,18-19H2,1H3,(H,30,32). The number of thioether (sulfide) groups is 1. The molecule has 0 saturated heterocycles. The zero-order chi connectivity index (χ0) is 24.2. The van der Waals surface area contributed by atoms with Crippen LogP contribution in [0.2, 0.25) is 0 Å². The van der Waals surface area contributed by atoms with E-state index in [9.17, 15) is 9.59 Å². The maximum atomic E-state index is 13.7. The second kappa shape index (κ2) is 10.3. The van der Waals surface area contributed by atoms with E-state index in [2.05, 4.69) is 11.4 Å². The minimum Gasteiger partial charge on any atom is -0.347 e. The smallest absolute Gasteiger partial charge is 0.265 e. The zero-order valence-electron chi connectivity index (χ0n) is 19.2. The maximum Gasteiger partial charge on any atom is 0.265 e. The molecule has 4 nitrogen and oxygen atoms in total. The van der Waals surface area contributed by atoms with Gasteiger partial charge in [-0.15, -0.1) is 11.3 Å². The number of carbonyl (C=O) groups is 2. The van der Waals surface area contributed by atoms with Crippen LogP contribution in [0.15, 0.2) is 100 Å². The summed E-state index contributed by atoms with van der Waals surface area (Å²) in [4.78, 5) is 31.1. The van der Waals surface area contributed by atoms with E-state index in [1.165, 1.54) is 11.8 Å². The Balaban J connectivity index is 1.49. The van der Waals surface area contributed by atoms with E-state index in [1.807, 2.05) is 97.2 Å². The van der Waals surface area contributed by atoms with Crippen molar-refractivity contribution in [1.82, 2.24) is 5.32 Å². The van der Waals surface area contributed by atoms with Crippen molar-refractivity contribution in [3.05, 3.63) is 122 Å². The van der Waals surface area contributed by atoms with Crippen LogP contribution < -0.4 is 10.2 Å². The van der Waals surface area contributed by atoms with Crippen LogP contribution in [-0.4, -0.2) is 11.8 Å². The fourth-order valence-electron chi connectivity index (χ4n) is 3.98. The van der Waals surface area contributed by atoms with E-state index in [4.69, 9.17) is 0 Å². The monoisotopic (exact) mass is 496 g/mol. The zero-order valence-corrected chi connectivity index (χ0v) is 20.9. The van der Waals surface area contributed by atoms with Crippen LogP contribution in [0.5, 0.6) is 0 Å². The lowest BCUT2D eigenvalue weighted by Crippen LogP contribution is -2.34. The molecule has 0 spiro atoms. The minimum atomic E-state index is -0.153. The molecule has 2 amide bonds. The van der Waals surface area contributed by atoms with Gasteiger partial charge >= 0.3 is 0 Å². The van der Waals surface area contributed by atoms with Crippen molar-refractivity contribution in [2.75, 3.05) is 4.90 Å². The van der Waals surface area contributed by atoms with Gasteiger partial charge in [-0.05, 0) is 53.8 Å². The number of benzene rings is 3. The van der Waals surface area contributed by atoms with E-state index in [0.717, 1.165) is 32.2 Å². The Morgan fingerprint density at radius 1 is 0.971 bits per heavy atom. The lowest BCUT2D eigenvalue weighted by atomic mass is 10.1. The molecule has 5 rings (SSSR count). The largest absolute Gasteiger partial charge is 0.347 e. The topological polar surface area (TPSA) is 49.4 Å². The summed E-state index contributed by atoms with van der Waals surface area (Å²) in [7, 11) is 0. The number of carbonyl (C=O) groups excluding carboxylic acids is 2. The number of rotatable bonds is 6. The first kappa shape index (κ1) is 23.1. The second-order valence-electron chi connectivity index (χ2n) is 8.35. The average molecular weight is 497 g/mol. The normalized spacial score (nSPS) is 14.1. The molecule has 1 aliphatic heterocycles. The molecule has 0 bridgehead atoms. The van der Waals surface area contributed by atoms with Crippen molar-refractivity contribution in [3.8, 4) is 0 Å². The number of fused-ring (bicyclic) bond motifs is 1. The highest BCUT2D eigenvalue weighted by atomic mass is 32.2. The number of nitrogens with zero attached hydrogens (tertiary/aromatic N) is 1. The second-order valence-corrected chi connectivity index (χ2v) is 10.5. The van der Waals surface area contributed by atoms with Gasteiger partial charge in [0.25, 0.3) is 11.8 Å². The van der Waals surface area contributed by atoms with Crippen LogP contribution in [0.3, 0.4) is 0 Å². The van der Waals surface area contributed by atoms with Crippen molar-refractivity contribution in [2.45, 2.75) is 24.9 Å². The Hall–Kier alpha value is -3.61. The molecule has 1 N–H and O–H groups in total. The molecule has 1 aromatic heterocycles. The van der Waals surface area contributed by atoms with Gasteiger partial charge in [0, 0.05) is 15.3 Å². The highest BCUT2D eigenvalue weighted by Crippen LogP contribution is 2.43. The van der Waals surface area contributed by atoms with Crippen molar-refractivity contribution in [2.24, 2.45) is 0 Å². The quantitative estimate of drug-likeness (QED) is 0.304. The Morgan fingerprint density at radius 3 is 2.60 bits per heavy atom. The summed E-state index contributed by atoms with van der Waals surface area (Å²) in [5.74, 6) is -0.219. The Bertz CT molecular complexity index is 1400. The van der Waals surface area contributed by atoms with Crippen molar-refractivity contribution in [1.29, 1.82) is 0 Å². The van der Waals surface area contributed by atoms with E-state index in [-0.39, 0.29) is 11.8 Å². The van der Waals surface area contributed by atoms with Gasteiger partial charge < -0.3 is 10.2 Å². The van der Waals surface area contributed by atoms with Crippen molar-refractivity contribution < 1.29 is 9.59 Å². The number of hydrogen-bond donors (Lipinski definition) is 1. The summed E-state index contributed by atoms with van der Waals surface area (Å²) >= 11 is 3.06. The predicted octanol–water partition coefficient (Wildman–Crippen LogP) is 6.67. The van der Waals surface area contributed by atoms with Crippen LogP contribution in [0.4, 0.5) is 5.69 Å². The number of hydrogen-bond acceptors (Lipinski definition) is 4. The molecule has 0 radical (unpaired) electrons. The molecule has 4 aromatic rings. The first-order valence-electron chi connectivity index (χ1n) is 11.3. The molecule has 0 saturated carbocycles. The van der Waals surface area contributed by atoms with E-state index >= 15 is 0 Å². The number of thiophene rings is 1. The molecule has 174 valence electrons. The molecule has 0 atom stereocenters. The number of aryl methyl sites for hydroxylation is 1. The number of anilines is 1. The van der Waals surface area contributed by atoms with E-state index in [1.54, 1.807) is 16.2 Å².